The smallest absolute Gasteiger partial charge is 0.134 e. The lowest BCUT2D eigenvalue weighted by molar-refractivity contribution is 0.493. The van der Waals surface area contributed by atoms with E-state index in [0.717, 1.165) is 27.1 Å². The standard InChI is InChI=1S/C20H19BrFNO/c1-14-12-16(6-8-18(14)21)20-9-7-17(24-20)13-23-11-10-15-4-2-3-5-19(15)22/h2-9,12,23H,10-11,13H2,1H3. The maximum atomic E-state index is 13.5. The Morgan fingerprint density at radius 2 is 1.92 bits per heavy atom. The number of halogens is 2. The number of nitrogens with one attached hydrogen (secondary N) is 1. The minimum absolute atomic E-state index is 0.148. The van der Waals surface area contributed by atoms with Crippen LogP contribution in [0.4, 0.5) is 4.39 Å². The predicted octanol–water partition coefficient (Wildman–Crippen LogP) is 5.49. The lowest BCUT2D eigenvalue weighted by Gasteiger charge is -2.05. The van der Waals surface area contributed by atoms with Gasteiger partial charge in [0.1, 0.15) is 17.3 Å². The SMILES string of the molecule is Cc1cc(-c2ccc(CNCCc3ccccc3F)o2)ccc1Br. The van der Waals surface area contributed by atoms with Crippen LogP contribution in [0.3, 0.4) is 0 Å². The van der Waals surface area contributed by atoms with Crippen LogP contribution in [-0.2, 0) is 13.0 Å². The highest BCUT2D eigenvalue weighted by atomic mass is 79.9. The third kappa shape index (κ3) is 4.13. The fourth-order valence-electron chi connectivity index (χ4n) is 2.56. The molecule has 0 saturated heterocycles. The zero-order valence-corrected chi connectivity index (χ0v) is 15.1. The highest BCUT2D eigenvalue weighted by Gasteiger charge is 2.06. The molecule has 0 aliphatic rings. The second-order valence-corrected chi connectivity index (χ2v) is 6.60. The number of hydrogen-bond acceptors (Lipinski definition) is 2. The van der Waals surface area contributed by atoms with Crippen molar-refractivity contribution in [1.82, 2.24) is 5.32 Å². The summed E-state index contributed by atoms with van der Waals surface area (Å²) in [6, 6.07) is 17.0. The highest BCUT2D eigenvalue weighted by Crippen LogP contribution is 2.26. The van der Waals surface area contributed by atoms with E-state index in [9.17, 15) is 4.39 Å². The highest BCUT2D eigenvalue weighted by molar-refractivity contribution is 9.10. The summed E-state index contributed by atoms with van der Waals surface area (Å²) in [6.07, 6.45) is 0.659. The molecule has 1 N–H and O–H groups in total. The summed E-state index contributed by atoms with van der Waals surface area (Å²) in [6.45, 7) is 3.39. The van der Waals surface area contributed by atoms with Crippen molar-refractivity contribution in [3.63, 3.8) is 0 Å². The molecule has 4 heteroatoms. The quantitative estimate of drug-likeness (QED) is 0.565. The van der Waals surface area contributed by atoms with E-state index in [2.05, 4.69) is 34.2 Å². The topological polar surface area (TPSA) is 25.2 Å². The van der Waals surface area contributed by atoms with Gasteiger partial charge in [-0.15, -0.1) is 0 Å². The molecule has 0 radical (unpaired) electrons. The van der Waals surface area contributed by atoms with Gasteiger partial charge in [-0.2, -0.15) is 0 Å². The van der Waals surface area contributed by atoms with Gasteiger partial charge >= 0.3 is 0 Å². The average Bonchev–Trinajstić information content (AvgIpc) is 3.04. The molecular formula is C20H19BrFNO. The van der Waals surface area contributed by atoms with Crippen LogP contribution < -0.4 is 5.32 Å². The Bertz CT molecular complexity index is 828. The minimum Gasteiger partial charge on any atom is -0.460 e. The summed E-state index contributed by atoms with van der Waals surface area (Å²) in [5.41, 5.74) is 2.97. The van der Waals surface area contributed by atoms with Crippen molar-refractivity contribution in [1.29, 1.82) is 0 Å². The molecule has 1 aromatic heterocycles. The molecule has 0 atom stereocenters. The molecular weight excluding hydrogens is 369 g/mol. The first-order chi connectivity index (χ1) is 11.6. The van der Waals surface area contributed by atoms with Gasteiger partial charge in [-0.1, -0.05) is 40.2 Å². The van der Waals surface area contributed by atoms with Crippen LogP contribution in [0.1, 0.15) is 16.9 Å². The Morgan fingerprint density at radius 3 is 2.71 bits per heavy atom. The Kier molecular flexibility index (Phi) is 5.48. The fourth-order valence-corrected chi connectivity index (χ4v) is 2.81. The number of furan rings is 1. The van der Waals surface area contributed by atoms with Gasteiger partial charge in [-0.3, -0.25) is 0 Å². The molecule has 0 aliphatic heterocycles. The molecule has 0 fully saturated rings. The van der Waals surface area contributed by atoms with Crippen LogP contribution in [0.2, 0.25) is 0 Å². The fraction of sp³-hybridized carbons (Fsp3) is 0.200. The van der Waals surface area contributed by atoms with Crippen molar-refractivity contribution in [2.45, 2.75) is 19.9 Å². The molecule has 2 aromatic carbocycles. The van der Waals surface area contributed by atoms with E-state index in [0.29, 0.717) is 19.5 Å². The van der Waals surface area contributed by atoms with E-state index in [4.69, 9.17) is 4.42 Å². The Morgan fingerprint density at radius 1 is 1.08 bits per heavy atom. The molecule has 1 heterocycles. The van der Waals surface area contributed by atoms with E-state index in [1.165, 1.54) is 11.6 Å². The molecule has 3 rings (SSSR count). The van der Waals surface area contributed by atoms with Crippen molar-refractivity contribution in [3.05, 3.63) is 81.8 Å². The van der Waals surface area contributed by atoms with E-state index >= 15 is 0 Å². The van der Waals surface area contributed by atoms with Crippen molar-refractivity contribution in [2.24, 2.45) is 0 Å². The van der Waals surface area contributed by atoms with Crippen molar-refractivity contribution in [2.75, 3.05) is 6.54 Å². The zero-order chi connectivity index (χ0) is 16.9. The summed E-state index contributed by atoms with van der Waals surface area (Å²) < 4.78 is 20.5. The Balaban J connectivity index is 1.54. The molecule has 0 unspecified atom stereocenters. The van der Waals surface area contributed by atoms with Crippen LogP contribution >= 0.6 is 15.9 Å². The van der Waals surface area contributed by atoms with Crippen LogP contribution in [0, 0.1) is 12.7 Å². The van der Waals surface area contributed by atoms with Gasteiger partial charge in [0, 0.05) is 10.0 Å². The summed E-state index contributed by atoms with van der Waals surface area (Å²) in [5, 5.41) is 3.29. The van der Waals surface area contributed by atoms with Crippen molar-refractivity contribution < 1.29 is 8.81 Å². The lowest BCUT2D eigenvalue weighted by Crippen LogP contribution is -2.16. The van der Waals surface area contributed by atoms with Gasteiger partial charge in [-0.25, -0.2) is 4.39 Å². The zero-order valence-electron chi connectivity index (χ0n) is 13.5. The number of rotatable bonds is 6. The summed E-state index contributed by atoms with van der Waals surface area (Å²) >= 11 is 3.51. The van der Waals surface area contributed by atoms with E-state index in [-0.39, 0.29) is 5.82 Å². The first kappa shape index (κ1) is 16.9. The number of benzene rings is 2. The molecule has 2 nitrogen and oxygen atoms in total. The van der Waals surface area contributed by atoms with Gasteiger partial charge in [0.25, 0.3) is 0 Å². The van der Waals surface area contributed by atoms with Crippen molar-refractivity contribution in [3.8, 4) is 11.3 Å². The van der Waals surface area contributed by atoms with Crippen LogP contribution in [0.25, 0.3) is 11.3 Å². The maximum absolute atomic E-state index is 13.5. The summed E-state index contributed by atoms with van der Waals surface area (Å²) in [4.78, 5) is 0. The molecule has 3 aromatic rings. The molecule has 0 aliphatic carbocycles. The van der Waals surface area contributed by atoms with E-state index < -0.39 is 0 Å². The van der Waals surface area contributed by atoms with Gasteiger partial charge in [0.15, 0.2) is 0 Å². The van der Waals surface area contributed by atoms with Gasteiger partial charge < -0.3 is 9.73 Å². The van der Waals surface area contributed by atoms with E-state index in [1.54, 1.807) is 6.07 Å². The van der Waals surface area contributed by atoms with E-state index in [1.807, 2.05) is 36.4 Å². The second kappa shape index (κ2) is 7.77. The normalized spacial score (nSPS) is 11.0. The van der Waals surface area contributed by atoms with Gasteiger partial charge in [-0.05, 0) is 61.3 Å². The number of aryl methyl sites for hydroxylation is 1. The van der Waals surface area contributed by atoms with Gasteiger partial charge in [0.2, 0.25) is 0 Å². The van der Waals surface area contributed by atoms with Crippen molar-refractivity contribution >= 4 is 15.9 Å². The third-order valence-corrected chi connectivity index (χ3v) is 4.82. The average molecular weight is 388 g/mol. The molecule has 0 spiro atoms. The second-order valence-electron chi connectivity index (χ2n) is 5.75. The monoisotopic (exact) mass is 387 g/mol. The van der Waals surface area contributed by atoms with Gasteiger partial charge in [0.05, 0.1) is 6.54 Å². The molecule has 0 bridgehead atoms. The largest absolute Gasteiger partial charge is 0.460 e. The Hall–Kier alpha value is -1.91. The van der Waals surface area contributed by atoms with Crippen LogP contribution in [0.15, 0.2) is 63.5 Å². The molecule has 24 heavy (non-hydrogen) atoms. The predicted molar refractivity (Wildman–Crippen MR) is 98.4 cm³/mol. The molecule has 124 valence electrons. The van der Waals surface area contributed by atoms with Crippen LogP contribution in [0.5, 0.6) is 0 Å². The summed E-state index contributed by atoms with van der Waals surface area (Å²) in [5.74, 6) is 1.58. The minimum atomic E-state index is -0.148. The summed E-state index contributed by atoms with van der Waals surface area (Å²) in [7, 11) is 0. The molecule has 0 saturated carbocycles. The van der Waals surface area contributed by atoms with Crippen LogP contribution in [-0.4, -0.2) is 6.54 Å². The third-order valence-electron chi connectivity index (χ3n) is 3.93. The Labute approximate surface area is 149 Å². The lowest BCUT2D eigenvalue weighted by atomic mass is 10.1. The first-order valence-corrected chi connectivity index (χ1v) is 8.72. The maximum Gasteiger partial charge on any atom is 0.134 e. The molecule has 0 amide bonds. The first-order valence-electron chi connectivity index (χ1n) is 7.93. The number of hydrogen-bond donors (Lipinski definition) is 1.